The smallest absolute Gasteiger partial charge is 0.137 e. The van der Waals surface area contributed by atoms with Gasteiger partial charge in [-0.15, -0.1) is 0 Å². The monoisotopic (exact) mass is 279 g/mol. The zero-order valence-corrected chi connectivity index (χ0v) is 11.4. The molecule has 1 aromatic carbocycles. The first-order chi connectivity index (χ1) is 9.61. The van der Waals surface area contributed by atoms with E-state index in [1.165, 1.54) is 31.0 Å². The standard InChI is InChI=1S/C16H19F2NO/c17-15-2-1-3-16(18)14(15)9-13(20)8-10-6-11-4-5-12(7-10)19-11/h1-3,10-12,19H,4-9H2. The van der Waals surface area contributed by atoms with E-state index in [-0.39, 0.29) is 17.8 Å². The summed E-state index contributed by atoms with van der Waals surface area (Å²) < 4.78 is 27.0. The predicted molar refractivity (Wildman–Crippen MR) is 72.4 cm³/mol. The third kappa shape index (κ3) is 2.90. The summed E-state index contributed by atoms with van der Waals surface area (Å²) in [4.78, 5) is 12.1. The van der Waals surface area contributed by atoms with Crippen molar-refractivity contribution in [2.45, 2.75) is 50.6 Å². The lowest BCUT2D eigenvalue weighted by Gasteiger charge is -2.28. The van der Waals surface area contributed by atoms with Crippen LogP contribution in [0.4, 0.5) is 8.78 Å². The molecule has 20 heavy (non-hydrogen) atoms. The van der Waals surface area contributed by atoms with E-state index in [1.54, 1.807) is 0 Å². The van der Waals surface area contributed by atoms with Crippen molar-refractivity contribution in [3.05, 3.63) is 35.4 Å². The van der Waals surface area contributed by atoms with E-state index in [1.807, 2.05) is 0 Å². The maximum absolute atomic E-state index is 13.5. The molecule has 0 aliphatic carbocycles. The van der Waals surface area contributed by atoms with Crippen molar-refractivity contribution in [1.29, 1.82) is 0 Å². The maximum Gasteiger partial charge on any atom is 0.137 e. The van der Waals surface area contributed by atoms with Crippen LogP contribution in [-0.4, -0.2) is 17.9 Å². The number of piperidine rings is 1. The number of ketones is 1. The molecule has 108 valence electrons. The largest absolute Gasteiger partial charge is 0.311 e. The normalized spacial score (nSPS) is 28.6. The van der Waals surface area contributed by atoms with Crippen LogP contribution < -0.4 is 5.32 Å². The molecule has 1 aromatic rings. The molecule has 2 nitrogen and oxygen atoms in total. The summed E-state index contributed by atoms with van der Waals surface area (Å²) in [6.45, 7) is 0. The molecule has 2 unspecified atom stereocenters. The van der Waals surface area contributed by atoms with Gasteiger partial charge in [-0.3, -0.25) is 4.79 Å². The quantitative estimate of drug-likeness (QED) is 0.918. The Labute approximate surface area is 117 Å². The average Bonchev–Trinajstić information content (AvgIpc) is 2.73. The minimum Gasteiger partial charge on any atom is -0.311 e. The number of Topliss-reactive ketones (excluding diaryl/α,β-unsaturated/α-hetero) is 1. The summed E-state index contributed by atoms with van der Waals surface area (Å²) in [5, 5.41) is 3.53. The third-order valence-corrected chi connectivity index (χ3v) is 4.52. The summed E-state index contributed by atoms with van der Waals surface area (Å²) in [7, 11) is 0. The topological polar surface area (TPSA) is 29.1 Å². The van der Waals surface area contributed by atoms with Gasteiger partial charge in [-0.05, 0) is 43.7 Å². The molecule has 2 aliphatic heterocycles. The van der Waals surface area contributed by atoms with Gasteiger partial charge in [0.15, 0.2) is 0 Å². The van der Waals surface area contributed by atoms with Gasteiger partial charge in [-0.25, -0.2) is 8.78 Å². The van der Waals surface area contributed by atoms with Crippen molar-refractivity contribution in [2.24, 2.45) is 5.92 Å². The molecule has 0 aromatic heterocycles. The second-order valence-electron chi connectivity index (χ2n) is 6.10. The van der Waals surface area contributed by atoms with Crippen LogP contribution in [0.5, 0.6) is 0 Å². The van der Waals surface area contributed by atoms with Crippen molar-refractivity contribution in [2.75, 3.05) is 0 Å². The number of hydrogen-bond acceptors (Lipinski definition) is 2. The lowest BCUT2D eigenvalue weighted by atomic mass is 9.87. The van der Waals surface area contributed by atoms with Crippen LogP contribution in [0.25, 0.3) is 0 Å². The van der Waals surface area contributed by atoms with E-state index in [0.717, 1.165) is 12.8 Å². The van der Waals surface area contributed by atoms with E-state index >= 15 is 0 Å². The minimum atomic E-state index is -0.622. The Hall–Kier alpha value is -1.29. The summed E-state index contributed by atoms with van der Waals surface area (Å²) in [5.41, 5.74) is -0.0885. The van der Waals surface area contributed by atoms with Crippen molar-refractivity contribution in [3.8, 4) is 0 Å². The van der Waals surface area contributed by atoms with E-state index in [0.29, 0.717) is 24.4 Å². The number of carbonyl (C=O) groups excluding carboxylic acids is 1. The first-order valence-electron chi connectivity index (χ1n) is 7.32. The molecule has 4 heteroatoms. The van der Waals surface area contributed by atoms with Crippen LogP contribution in [0, 0.1) is 17.6 Å². The number of rotatable bonds is 4. The summed E-state index contributed by atoms with van der Waals surface area (Å²) >= 11 is 0. The molecule has 0 amide bonds. The van der Waals surface area contributed by atoms with Crippen LogP contribution >= 0.6 is 0 Å². The SMILES string of the molecule is O=C(Cc1c(F)cccc1F)CC1CC2CCC(C1)N2. The lowest BCUT2D eigenvalue weighted by Crippen LogP contribution is -2.38. The Morgan fingerprint density at radius 3 is 2.35 bits per heavy atom. The zero-order chi connectivity index (χ0) is 14.1. The Kier molecular flexibility index (Phi) is 3.83. The summed E-state index contributed by atoms with van der Waals surface area (Å²) in [6.07, 6.45) is 4.73. The van der Waals surface area contributed by atoms with Gasteiger partial charge in [0.25, 0.3) is 0 Å². The maximum atomic E-state index is 13.5. The molecule has 2 atom stereocenters. The molecular formula is C16H19F2NO. The van der Waals surface area contributed by atoms with Gasteiger partial charge in [0, 0.05) is 30.5 Å². The molecule has 2 aliphatic rings. The van der Waals surface area contributed by atoms with E-state index in [9.17, 15) is 13.6 Å². The van der Waals surface area contributed by atoms with Crippen LogP contribution in [-0.2, 0) is 11.2 Å². The van der Waals surface area contributed by atoms with E-state index < -0.39 is 11.6 Å². The van der Waals surface area contributed by atoms with Crippen molar-refractivity contribution >= 4 is 5.78 Å². The Morgan fingerprint density at radius 1 is 1.15 bits per heavy atom. The molecule has 2 saturated heterocycles. The van der Waals surface area contributed by atoms with Gasteiger partial charge in [0.05, 0.1) is 0 Å². The number of carbonyl (C=O) groups is 1. The Bertz CT molecular complexity index is 485. The first kappa shape index (κ1) is 13.7. The van der Waals surface area contributed by atoms with E-state index in [2.05, 4.69) is 5.32 Å². The number of benzene rings is 1. The molecule has 3 rings (SSSR count). The number of nitrogens with one attached hydrogen (secondary N) is 1. The summed E-state index contributed by atoms with van der Waals surface area (Å²) in [6, 6.07) is 4.81. The fourth-order valence-corrected chi connectivity index (χ4v) is 3.63. The highest BCUT2D eigenvalue weighted by Gasteiger charge is 2.34. The van der Waals surface area contributed by atoms with E-state index in [4.69, 9.17) is 0 Å². The third-order valence-electron chi connectivity index (χ3n) is 4.52. The predicted octanol–water partition coefficient (Wildman–Crippen LogP) is 3.00. The molecule has 0 spiro atoms. The lowest BCUT2D eigenvalue weighted by molar-refractivity contribution is -0.119. The van der Waals surface area contributed by atoms with Gasteiger partial charge in [-0.2, -0.15) is 0 Å². The number of fused-ring (bicyclic) bond motifs is 2. The van der Waals surface area contributed by atoms with Gasteiger partial charge < -0.3 is 5.32 Å². The van der Waals surface area contributed by atoms with Crippen molar-refractivity contribution < 1.29 is 13.6 Å². The first-order valence-corrected chi connectivity index (χ1v) is 7.32. The van der Waals surface area contributed by atoms with Gasteiger partial charge in [-0.1, -0.05) is 6.07 Å². The van der Waals surface area contributed by atoms with Crippen LogP contribution in [0.2, 0.25) is 0 Å². The molecule has 0 radical (unpaired) electrons. The molecule has 2 bridgehead atoms. The molecule has 1 N–H and O–H groups in total. The minimum absolute atomic E-state index is 0.0553. The second kappa shape index (κ2) is 5.60. The molecule has 0 saturated carbocycles. The van der Waals surface area contributed by atoms with Gasteiger partial charge in [0.2, 0.25) is 0 Å². The highest BCUT2D eigenvalue weighted by atomic mass is 19.1. The van der Waals surface area contributed by atoms with Crippen LogP contribution in [0.1, 0.15) is 37.7 Å². The molecule has 2 fully saturated rings. The molecular weight excluding hydrogens is 260 g/mol. The average molecular weight is 279 g/mol. The van der Waals surface area contributed by atoms with Gasteiger partial charge in [0.1, 0.15) is 17.4 Å². The number of hydrogen-bond donors (Lipinski definition) is 1. The number of halogens is 2. The Morgan fingerprint density at radius 2 is 1.75 bits per heavy atom. The van der Waals surface area contributed by atoms with Gasteiger partial charge >= 0.3 is 0 Å². The fraction of sp³-hybridized carbons (Fsp3) is 0.562. The molecule has 2 heterocycles. The van der Waals surface area contributed by atoms with Crippen LogP contribution in [0.15, 0.2) is 18.2 Å². The van der Waals surface area contributed by atoms with Crippen molar-refractivity contribution in [1.82, 2.24) is 5.32 Å². The second-order valence-corrected chi connectivity index (χ2v) is 6.10. The fourth-order valence-electron chi connectivity index (χ4n) is 3.63. The van der Waals surface area contributed by atoms with Crippen molar-refractivity contribution in [3.63, 3.8) is 0 Å². The zero-order valence-electron chi connectivity index (χ0n) is 11.4. The highest BCUT2D eigenvalue weighted by molar-refractivity contribution is 5.81. The highest BCUT2D eigenvalue weighted by Crippen LogP contribution is 2.33. The van der Waals surface area contributed by atoms with Crippen LogP contribution in [0.3, 0.4) is 0 Å². The Balaban J connectivity index is 1.60. The summed E-state index contributed by atoms with van der Waals surface area (Å²) in [5.74, 6) is -0.927.